The molecule has 2 aromatic carbocycles. The Morgan fingerprint density at radius 1 is 1.07 bits per heavy atom. The number of benzene rings is 2. The van der Waals surface area contributed by atoms with E-state index in [0.717, 1.165) is 31.2 Å². The summed E-state index contributed by atoms with van der Waals surface area (Å²) in [6.07, 6.45) is 4.23. The molecule has 0 unspecified atom stereocenters. The molecule has 6 nitrogen and oxygen atoms in total. The summed E-state index contributed by atoms with van der Waals surface area (Å²) in [4.78, 5) is 12.8. The van der Waals surface area contributed by atoms with Crippen molar-refractivity contribution < 1.29 is 17.9 Å². The summed E-state index contributed by atoms with van der Waals surface area (Å²) in [6.45, 7) is 0.486. The average Bonchev–Trinajstić information content (AvgIpc) is 2.73. The number of para-hydroxylation sites is 1. The predicted molar refractivity (Wildman–Crippen MR) is 114 cm³/mol. The molecule has 1 aliphatic carbocycles. The second kappa shape index (κ2) is 8.97. The fraction of sp³-hybridized carbons (Fsp3) is 0.409. The van der Waals surface area contributed by atoms with E-state index in [1.807, 2.05) is 30.3 Å². The third-order valence-electron chi connectivity index (χ3n) is 5.65. The molecule has 29 heavy (non-hydrogen) atoms. The van der Waals surface area contributed by atoms with E-state index < -0.39 is 10.0 Å². The number of ether oxygens (including phenoxy) is 1. The summed E-state index contributed by atoms with van der Waals surface area (Å²) >= 11 is 0. The molecule has 1 amide bonds. The Bertz CT molecular complexity index is 936. The zero-order valence-electron chi connectivity index (χ0n) is 16.9. The summed E-state index contributed by atoms with van der Waals surface area (Å²) in [6, 6.07) is 17.2. The van der Waals surface area contributed by atoms with Crippen molar-refractivity contribution in [3.63, 3.8) is 0 Å². The van der Waals surface area contributed by atoms with Gasteiger partial charge in [0.2, 0.25) is 10.0 Å². The van der Waals surface area contributed by atoms with Crippen LogP contribution in [0, 0.1) is 0 Å². The first-order chi connectivity index (χ1) is 13.8. The number of hydrogen-bond acceptors (Lipinski definition) is 4. The van der Waals surface area contributed by atoms with E-state index in [1.165, 1.54) is 6.26 Å². The third kappa shape index (κ3) is 5.36. The molecule has 0 spiro atoms. The number of sulfonamides is 1. The van der Waals surface area contributed by atoms with Crippen molar-refractivity contribution in [1.29, 1.82) is 0 Å². The third-order valence-corrected chi connectivity index (χ3v) is 6.41. The zero-order chi connectivity index (χ0) is 20.9. The van der Waals surface area contributed by atoms with Gasteiger partial charge in [-0.1, -0.05) is 42.5 Å². The second-order valence-electron chi connectivity index (χ2n) is 7.69. The highest BCUT2D eigenvalue weighted by molar-refractivity contribution is 7.88. The van der Waals surface area contributed by atoms with E-state index in [1.54, 1.807) is 19.2 Å². The normalized spacial score (nSPS) is 22.1. The van der Waals surface area contributed by atoms with Crippen LogP contribution in [0.2, 0.25) is 0 Å². The van der Waals surface area contributed by atoms with Gasteiger partial charge in [0, 0.05) is 18.0 Å². The molecule has 3 rings (SSSR count). The topological polar surface area (TPSA) is 84.5 Å². The maximum Gasteiger partial charge on any atom is 0.255 e. The first kappa shape index (κ1) is 21.3. The summed E-state index contributed by atoms with van der Waals surface area (Å²) in [5, 5.41) is 3.09. The molecule has 0 radical (unpaired) electrons. The molecule has 1 saturated carbocycles. The lowest BCUT2D eigenvalue weighted by molar-refractivity contribution is 0.0932. The Morgan fingerprint density at radius 2 is 1.69 bits per heavy atom. The van der Waals surface area contributed by atoms with Gasteiger partial charge in [-0.2, -0.15) is 0 Å². The first-order valence-electron chi connectivity index (χ1n) is 9.77. The number of carbonyl (C=O) groups excluding carboxylic acids is 1. The smallest absolute Gasteiger partial charge is 0.255 e. The molecule has 7 heteroatoms. The largest absolute Gasteiger partial charge is 0.496 e. The van der Waals surface area contributed by atoms with Gasteiger partial charge >= 0.3 is 0 Å². The molecule has 156 valence electrons. The maximum atomic E-state index is 12.8. The standard InChI is InChI=1S/C22H28N2O4S/c1-28-20-11-7-6-10-19(20)21(25)23-16-22(17-8-4-3-5-9-17)14-12-18(13-15-22)24-29(2,26)27/h3-11,18,24H,12-16H2,1-2H3,(H,23,25). The van der Waals surface area contributed by atoms with Gasteiger partial charge in [-0.15, -0.1) is 0 Å². The van der Waals surface area contributed by atoms with E-state index in [0.29, 0.717) is 17.9 Å². The van der Waals surface area contributed by atoms with Crippen LogP contribution in [0.15, 0.2) is 54.6 Å². The second-order valence-corrected chi connectivity index (χ2v) is 9.47. The molecule has 1 fully saturated rings. The number of amides is 1. The van der Waals surface area contributed by atoms with Gasteiger partial charge in [-0.3, -0.25) is 4.79 Å². The van der Waals surface area contributed by atoms with Crippen molar-refractivity contribution in [2.45, 2.75) is 37.1 Å². The number of carbonyl (C=O) groups is 1. The molecule has 0 saturated heterocycles. The number of hydrogen-bond donors (Lipinski definition) is 2. The van der Waals surface area contributed by atoms with E-state index in [-0.39, 0.29) is 17.4 Å². The fourth-order valence-electron chi connectivity index (χ4n) is 4.13. The van der Waals surface area contributed by atoms with Crippen LogP contribution >= 0.6 is 0 Å². The SMILES string of the molecule is COc1ccccc1C(=O)NCC1(c2ccccc2)CCC(NS(C)(=O)=O)CC1. The monoisotopic (exact) mass is 416 g/mol. The zero-order valence-corrected chi connectivity index (χ0v) is 17.7. The van der Waals surface area contributed by atoms with Crippen LogP contribution in [-0.2, 0) is 15.4 Å². The van der Waals surface area contributed by atoms with Crippen LogP contribution < -0.4 is 14.8 Å². The van der Waals surface area contributed by atoms with Crippen molar-refractivity contribution in [2.24, 2.45) is 0 Å². The first-order valence-corrected chi connectivity index (χ1v) is 11.7. The minimum absolute atomic E-state index is 0.0632. The molecule has 0 aromatic heterocycles. The lowest BCUT2D eigenvalue weighted by Crippen LogP contribution is -2.47. The van der Waals surface area contributed by atoms with E-state index in [2.05, 4.69) is 22.2 Å². The molecule has 1 aliphatic rings. The van der Waals surface area contributed by atoms with Crippen molar-refractivity contribution >= 4 is 15.9 Å². The summed E-state index contributed by atoms with van der Waals surface area (Å²) in [7, 11) is -1.68. The Hall–Kier alpha value is -2.38. The number of rotatable bonds is 7. The van der Waals surface area contributed by atoms with Crippen LogP contribution in [0.25, 0.3) is 0 Å². The van der Waals surface area contributed by atoms with Crippen LogP contribution in [0.3, 0.4) is 0 Å². The highest BCUT2D eigenvalue weighted by Crippen LogP contribution is 2.39. The van der Waals surface area contributed by atoms with Crippen LogP contribution in [0.5, 0.6) is 5.75 Å². The van der Waals surface area contributed by atoms with Gasteiger partial charge in [-0.05, 0) is 43.4 Å². The lowest BCUT2D eigenvalue weighted by atomic mass is 9.68. The summed E-state index contributed by atoms with van der Waals surface area (Å²) in [5.74, 6) is 0.369. The Balaban J connectivity index is 1.76. The van der Waals surface area contributed by atoms with Crippen LogP contribution in [0.4, 0.5) is 0 Å². The molecule has 2 aromatic rings. The molecule has 0 aliphatic heterocycles. The van der Waals surface area contributed by atoms with Gasteiger partial charge < -0.3 is 10.1 Å². The fourth-order valence-corrected chi connectivity index (χ4v) is 4.97. The van der Waals surface area contributed by atoms with Gasteiger partial charge in [0.05, 0.1) is 18.9 Å². The van der Waals surface area contributed by atoms with Crippen molar-refractivity contribution in [2.75, 3.05) is 19.9 Å². The Morgan fingerprint density at radius 3 is 2.31 bits per heavy atom. The van der Waals surface area contributed by atoms with Crippen molar-refractivity contribution in [3.05, 3.63) is 65.7 Å². The molecular formula is C22H28N2O4S. The minimum Gasteiger partial charge on any atom is -0.496 e. The maximum absolute atomic E-state index is 12.8. The summed E-state index contributed by atoms with van der Waals surface area (Å²) in [5.41, 5.74) is 1.44. The van der Waals surface area contributed by atoms with Gasteiger partial charge in [0.1, 0.15) is 5.75 Å². The predicted octanol–water partition coefficient (Wildman–Crippen LogP) is 2.85. The molecular weight excluding hydrogens is 388 g/mol. The number of methoxy groups -OCH3 is 1. The summed E-state index contributed by atoms with van der Waals surface area (Å²) < 4.78 is 31.2. The lowest BCUT2D eigenvalue weighted by Gasteiger charge is -2.41. The quantitative estimate of drug-likeness (QED) is 0.727. The molecule has 0 heterocycles. The van der Waals surface area contributed by atoms with Gasteiger partial charge in [-0.25, -0.2) is 13.1 Å². The average molecular weight is 417 g/mol. The van der Waals surface area contributed by atoms with E-state index >= 15 is 0 Å². The van der Waals surface area contributed by atoms with E-state index in [4.69, 9.17) is 4.74 Å². The number of nitrogens with one attached hydrogen (secondary N) is 2. The Kier molecular flexibility index (Phi) is 6.59. The van der Waals surface area contributed by atoms with Crippen molar-refractivity contribution in [1.82, 2.24) is 10.0 Å². The van der Waals surface area contributed by atoms with Gasteiger partial charge in [0.15, 0.2) is 0 Å². The minimum atomic E-state index is -3.23. The van der Waals surface area contributed by atoms with Crippen LogP contribution in [0.1, 0.15) is 41.6 Å². The molecule has 0 atom stereocenters. The highest BCUT2D eigenvalue weighted by Gasteiger charge is 2.38. The van der Waals surface area contributed by atoms with Gasteiger partial charge in [0.25, 0.3) is 5.91 Å². The van der Waals surface area contributed by atoms with Crippen molar-refractivity contribution in [3.8, 4) is 5.75 Å². The van der Waals surface area contributed by atoms with Crippen LogP contribution in [-0.4, -0.2) is 40.3 Å². The van der Waals surface area contributed by atoms with E-state index in [9.17, 15) is 13.2 Å². The molecule has 0 bridgehead atoms. The molecule has 2 N–H and O–H groups in total. The Labute approximate surface area is 172 Å². The highest BCUT2D eigenvalue weighted by atomic mass is 32.2.